The molecule has 1 fully saturated rings. The highest BCUT2D eigenvalue weighted by Crippen LogP contribution is 2.25. The van der Waals surface area contributed by atoms with Crippen LogP contribution in [0.2, 0.25) is 0 Å². The number of aromatic carboxylic acids is 1. The summed E-state index contributed by atoms with van der Waals surface area (Å²) in [5.41, 5.74) is 0.989. The Morgan fingerprint density at radius 3 is 2.75 bits per heavy atom. The molecule has 0 spiro atoms. The van der Waals surface area contributed by atoms with E-state index in [0.29, 0.717) is 5.88 Å². The molecule has 0 amide bonds. The maximum absolute atomic E-state index is 10.7. The summed E-state index contributed by atoms with van der Waals surface area (Å²) in [6, 6.07) is 1.60. The maximum Gasteiger partial charge on any atom is 0.337 e. The van der Waals surface area contributed by atoms with Crippen LogP contribution in [0.3, 0.4) is 0 Å². The van der Waals surface area contributed by atoms with Crippen LogP contribution in [0.5, 0.6) is 5.88 Å². The summed E-state index contributed by atoms with van der Waals surface area (Å²) in [4.78, 5) is 14.8. The van der Waals surface area contributed by atoms with E-state index >= 15 is 0 Å². The van der Waals surface area contributed by atoms with Crippen molar-refractivity contribution in [2.75, 3.05) is 0 Å². The molecular weight excluding hydrogens is 206 g/mol. The van der Waals surface area contributed by atoms with E-state index in [1.807, 2.05) is 6.92 Å². The zero-order chi connectivity index (χ0) is 11.5. The minimum atomic E-state index is -0.956. The van der Waals surface area contributed by atoms with E-state index in [1.165, 1.54) is 19.0 Å². The van der Waals surface area contributed by atoms with Crippen LogP contribution in [0, 0.1) is 6.92 Å². The number of pyridine rings is 1. The molecule has 4 heteroatoms. The third kappa shape index (κ3) is 2.32. The summed E-state index contributed by atoms with van der Waals surface area (Å²) in [5.74, 6) is -0.389. The van der Waals surface area contributed by atoms with E-state index in [1.54, 1.807) is 6.07 Å². The molecule has 0 unspecified atom stereocenters. The van der Waals surface area contributed by atoms with Gasteiger partial charge in [0.1, 0.15) is 6.10 Å². The molecule has 1 heterocycles. The number of aryl methyl sites for hydroxylation is 1. The minimum Gasteiger partial charge on any atom is -0.478 e. The van der Waals surface area contributed by atoms with Crippen LogP contribution in [-0.2, 0) is 0 Å². The first-order valence-electron chi connectivity index (χ1n) is 5.53. The van der Waals surface area contributed by atoms with Gasteiger partial charge in [-0.25, -0.2) is 9.78 Å². The predicted molar refractivity (Wildman–Crippen MR) is 58.8 cm³/mol. The Hall–Kier alpha value is -1.58. The maximum atomic E-state index is 10.7. The lowest BCUT2D eigenvalue weighted by Crippen LogP contribution is -2.13. The van der Waals surface area contributed by atoms with Gasteiger partial charge in [0, 0.05) is 11.8 Å². The van der Waals surface area contributed by atoms with Gasteiger partial charge >= 0.3 is 5.97 Å². The molecule has 1 aromatic heterocycles. The van der Waals surface area contributed by atoms with E-state index < -0.39 is 5.97 Å². The normalized spacial score (nSPS) is 16.3. The quantitative estimate of drug-likeness (QED) is 0.851. The lowest BCUT2D eigenvalue weighted by molar-refractivity contribution is 0.0696. The lowest BCUT2D eigenvalue weighted by Gasteiger charge is -2.13. The molecule has 0 bridgehead atoms. The number of carbonyl (C=O) groups is 1. The van der Waals surface area contributed by atoms with Gasteiger partial charge in [-0.2, -0.15) is 0 Å². The lowest BCUT2D eigenvalue weighted by atomic mass is 10.2. The fourth-order valence-electron chi connectivity index (χ4n) is 1.97. The SMILES string of the molecule is Cc1cc(C(=O)O)cnc1OC1CCCC1. The highest BCUT2D eigenvalue weighted by molar-refractivity contribution is 5.87. The zero-order valence-corrected chi connectivity index (χ0v) is 9.27. The summed E-state index contributed by atoms with van der Waals surface area (Å²) < 4.78 is 5.74. The molecule has 0 aliphatic heterocycles. The Bertz CT molecular complexity index is 397. The monoisotopic (exact) mass is 221 g/mol. The van der Waals surface area contributed by atoms with Gasteiger partial charge in [-0.15, -0.1) is 0 Å². The van der Waals surface area contributed by atoms with Crippen LogP contribution in [0.1, 0.15) is 41.6 Å². The average Bonchev–Trinajstić information content (AvgIpc) is 2.73. The Labute approximate surface area is 94.3 Å². The Morgan fingerprint density at radius 1 is 1.50 bits per heavy atom. The zero-order valence-electron chi connectivity index (χ0n) is 9.27. The van der Waals surface area contributed by atoms with Crippen LogP contribution >= 0.6 is 0 Å². The summed E-state index contributed by atoms with van der Waals surface area (Å²) >= 11 is 0. The Morgan fingerprint density at radius 2 is 2.19 bits per heavy atom. The van der Waals surface area contributed by atoms with Gasteiger partial charge in [-0.05, 0) is 38.7 Å². The van der Waals surface area contributed by atoms with Crippen LogP contribution in [0.25, 0.3) is 0 Å². The van der Waals surface area contributed by atoms with Gasteiger partial charge in [-0.1, -0.05) is 0 Å². The molecule has 1 saturated carbocycles. The number of hydrogen-bond acceptors (Lipinski definition) is 3. The van der Waals surface area contributed by atoms with Crippen LogP contribution in [0.4, 0.5) is 0 Å². The van der Waals surface area contributed by atoms with E-state index in [2.05, 4.69) is 4.98 Å². The van der Waals surface area contributed by atoms with E-state index in [-0.39, 0.29) is 11.7 Å². The number of aromatic nitrogens is 1. The second kappa shape index (κ2) is 4.51. The molecular formula is C12H15NO3. The Kier molecular flexibility index (Phi) is 3.08. The number of carboxylic acid groups (broad SMARTS) is 1. The smallest absolute Gasteiger partial charge is 0.337 e. The summed E-state index contributed by atoms with van der Waals surface area (Å²) in [6.45, 7) is 1.82. The molecule has 0 atom stereocenters. The number of nitrogens with zero attached hydrogens (tertiary/aromatic N) is 1. The molecule has 1 aliphatic rings. The fraction of sp³-hybridized carbons (Fsp3) is 0.500. The van der Waals surface area contributed by atoms with Gasteiger partial charge < -0.3 is 9.84 Å². The van der Waals surface area contributed by atoms with Crippen molar-refractivity contribution >= 4 is 5.97 Å². The highest BCUT2D eigenvalue weighted by Gasteiger charge is 2.18. The second-order valence-electron chi connectivity index (χ2n) is 4.18. The van der Waals surface area contributed by atoms with E-state index in [9.17, 15) is 4.79 Å². The van der Waals surface area contributed by atoms with Crippen molar-refractivity contribution in [1.29, 1.82) is 0 Å². The first-order chi connectivity index (χ1) is 7.66. The van der Waals surface area contributed by atoms with E-state index in [0.717, 1.165) is 18.4 Å². The van der Waals surface area contributed by atoms with Crippen LogP contribution < -0.4 is 4.74 Å². The van der Waals surface area contributed by atoms with Crippen molar-refractivity contribution in [3.63, 3.8) is 0 Å². The fourth-order valence-corrected chi connectivity index (χ4v) is 1.97. The average molecular weight is 221 g/mol. The summed E-state index contributed by atoms with van der Waals surface area (Å²) in [5, 5.41) is 8.80. The van der Waals surface area contributed by atoms with Crippen molar-refractivity contribution in [1.82, 2.24) is 4.98 Å². The predicted octanol–water partition coefficient (Wildman–Crippen LogP) is 2.41. The molecule has 1 aromatic rings. The van der Waals surface area contributed by atoms with Crippen molar-refractivity contribution in [3.8, 4) is 5.88 Å². The molecule has 0 saturated heterocycles. The first-order valence-corrected chi connectivity index (χ1v) is 5.53. The molecule has 0 radical (unpaired) electrons. The molecule has 0 aromatic carbocycles. The van der Waals surface area contributed by atoms with Crippen molar-refractivity contribution in [2.45, 2.75) is 38.7 Å². The third-order valence-electron chi connectivity index (χ3n) is 2.86. The van der Waals surface area contributed by atoms with Crippen molar-refractivity contribution < 1.29 is 14.6 Å². The number of carboxylic acids is 1. The first kappa shape index (κ1) is 10.9. The van der Waals surface area contributed by atoms with Crippen molar-refractivity contribution in [3.05, 3.63) is 23.4 Å². The van der Waals surface area contributed by atoms with Gasteiger partial charge in [0.05, 0.1) is 5.56 Å². The topological polar surface area (TPSA) is 59.4 Å². The minimum absolute atomic E-state index is 0.205. The molecule has 16 heavy (non-hydrogen) atoms. The van der Waals surface area contributed by atoms with E-state index in [4.69, 9.17) is 9.84 Å². The van der Waals surface area contributed by atoms with Gasteiger partial charge in [0.2, 0.25) is 5.88 Å². The molecule has 4 nitrogen and oxygen atoms in total. The van der Waals surface area contributed by atoms with Gasteiger partial charge in [-0.3, -0.25) is 0 Å². The van der Waals surface area contributed by atoms with Gasteiger partial charge in [0.15, 0.2) is 0 Å². The molecule has 1 N–H and O–H groups in total. The van der Waals surface area contributed by atoms with Crippen LogP contribution in [-0.4, -0.2) is 22.2 Å². The Balaban J connectivity index is 2.12. The molecule has 1 aliphatic carbocycles. The third-order valence-corrected chi connectivity index (χ3v) is 2.86. The molecule has 2 rings (SSSR count). The largest absolute Gasteiger partial charge is 0.478 e. The number of rotatable bonds is 3. The summed E-state index contributed by atoms with van der Waals surface area (Å²) in [7, 11) is 0. The number of ether oxygens (including phenoxy) is 1. The summed E-state index contributed by atoms with van der Waals surface area (Å²) in [6.07, 6.45) is 6.15. The standard InChI is InChI=1S/C12H15NO3/c1-8-6-9(12(14)15)7-13-11(8)16-10-4-2-3-5-10/h6-7,10H,2-5H2,1H3,(H,14,15). The number of hydrogen-bond donors (Lipinski definition) is 1. The van der Waals surface area contributed by atoms with Crippen molar-refractivity contribution in [2.24, 2.45) is 0 Å². The van der Waals surface area contributed by atoms with Crippen LogP contribution in [0.15, 0.2) is 12.3 Å². The van der Waals surface area contributed by atoms with Gasteiger partial charge in [0.25, 0.3) is 0 Å². The second-order valence-corrected chi connectivity index (χ2v) is 4.18. The highest BCUT2D eigenvalue weighted by atomic mass is 16.5. The molecule has 86 valence electrons.